The molecule has 0 aliphatic heterocycles. The largest absolute Gasteiger partial charge is 0.393 e. The number of rotatable bonds is 4. The Morgan fingerprint density at radius 3 is 2.39 bits per heavy atom. The van der Waals surface area contributed by atoms with Gasteiger partial charge in [-0.2, -0.15) is 0 Å². The molecular weight excluding hydrogens is 257 g/mol. The molecule has 1 N–H and O–H groups in total. The van der Waals surface area contributed by atoms with Crippen LogP contribution >= 0.6 is 0 Å². The fourth-order valence-corrected chi connectivity index (χ4v) is 3.34. The second-order valence-corrected chi connectivity index (χ2v) is 6.78. The molecule has 0 radical (unpaired) electrons. The van der Waals surface area contributed by atoms with Crippen molar-refractivity contribution in [1.29, 1.82) is 0 Å². The fourth-order valence-electron chi connectivity index (χ4n) is 2.10. The molecule has 0 saturated heterocycles. The van der Waals surface area contributed by atoms with E-state index in [-0.39, 0.29) is 16.9 Å². The Morgan fingerprint density at radius 1 is 1.33 bits per heavy atom. The normalized spacial score (nSPS) is 24.0. The van der Waals surface area contributed by atoms with Gasteiger partial charge in [-0.15, -0.1) is 0 Å². The van der Waals surface area contributed by atoms with Crippen LogP contribution in [0.25, 0.3) is 0 Å². The van der Waals surface area contributed by atoms with Crippen molar-refractivity contribution in [1.82, 2.24) is 4.31 Å². The highest BCUT2D eigenvalue weighted by atomic mass is 32.2. The van der Waals surface area contributed by atoms with Crippen LogP contribution < -0.4 is 0 Å². The van der Waals surface area contributed by atoms with Crippen molar-refractivity contribution in [2.45, 2.75) is 23.8 Å². The standard InChI is InChI=1S/C12H16FNO3S/c1-14(8-9-6-11(15)7-9)18(16,17)12-4-2-10(13)3-5-12/h2-5,9,11,15H,6-8H2,1H3. The number of aliphatic hydroxyl groups is 1. The summed E-state index contributed by atoms with van der Waals surface area (Å²) in [6.07, 6.45) is 0.990. The summed E-state index contributed by atoms with van der Waals surface area (Å²) in [4.78, 5) is 0.0891. The van der Waals surface area contributed by atoms with Gasteiger partial charge in [-0.25, -0.2) is 17.1 Å². The van der Waals surface area contributed by atoms with E-state index in [1.165, 1.54) is 23.5 Å². The summed E-state index contributed by atoms with van der Waals surface area (Å²) >= 11 is 0. The van der Waals surface area contributed by atoms with E-state index in [0.29, 0.717) is 19.4 Å². The van der Waals surface area contributed by atoms with Crippen LogP contribution in [0.2, 0.25) is 0 Å². The van der Waals surface area contributed by atoms with Crippen molar-refractivity contribution in [2.75, 3.05) is 13.6 Å². The van der Waals surface area contributed by atoms with Crippen molar-refractivity contribution in [3.05, 3.63) is 30.1 Å². The second kappa shape index (κ2) is 4.95. The van der Waals surface area contributed by atoms with Gasteiger partial charge in [0.25, 0.3) is 0 Å². The molecule has 1 aromatic carbocycles. The summed E-state index contributed by atoms with van der Waals surface area (Å²) in [6, 6.07) is 4.79. The number of aliphatic hydroxyl groups excluding tert-OH is 1. The third kappa shape index (κ3) is 2.71. The Kier molecular flexibility index (Phi) is 3.70. The van der Waals surface area contributed by atoms with Gasteiger partial charge in [-0.05, 0) is 43.0 Å². The van der Waals surface area contributed by atoms with Crippen LogP contribution in [0.15, 0.2) is 29.2 Å². The third-order valence-electron chi connectivity index (χ3n) is 3.25. The van der Waals surface area contributed by atoms with Gasteiger partial charge < -0.3 is 5.11 Å². The van der Waals surface area contributed by atoms with Gasteiger partial charge in [0, 0.05) is 13.6 Å². The van der Waals surface area contributed by atoms with Crippen molar-refractivity contribution < 1.29 is 17.9 Å². The Balaban J connectivity index is 2.08. The molecule has 0 bridgehead atoms. The Bertz CT molecular complexity index is 509. The quantitative estimate of drug-likeness (QED) is 0.897. The summed E-state index contributed by atoms with van der Waals surface area (Å²) in [5.41, 5.74) is 0. The van der Waals surface area contributed by atoms with E-state index in [9.17, 15) is 17.9 Å². The van der Waals surface area contributed by atoms with Gasteiger partial charge in [0.2, 0.25) is 10.0 Å². The summed E-state index contributed by atoms with van der Waals surface area (Å²) in [6.45, 7) is 0.386. The zero-order valence-electron chi connectivity index (χ0n) is 10.1. The maximum absolute atomic E-state index is 12.8. The smallest absolute Gasteiger partial charge is 0.242 e. The van der Waals surface area contributed by atoms with E-state index >= 15 is 0 Å². The minimum absolute atomic E-state index is 0.0891. The SMILES string of the molecule is CN(CC1CC(O)C1)S(=O)(=O)c1ccc(F)cc1. The van der Waals surface area contributed by atoms with E-state index in [0.717, 1.165) is 12.1 Å². The number of sulfonamides is 1. The predicted octanol–water partition coefficient (Wildman–Crippen LogP) is 1.22. The van der Waals surface area contributed by atoms with E-state index in [1.807, 2.05) is 0 Å². The van der Waals surface area contributed by atoms with Crippen LogP contribution in [-0.2, 0) is 10.0 Å². The first-order valence-corrected chi connectivity index (χ1v) is 7.23. The molecule has 2 rings (SSSR count). The summed E-state index contributed by atoms with van der Waals surface area (Å²) in [5, 5.41) is 9.17. The highest BCUT2D eigenvalue weighted by molar-refractivity contribution is 7.89. The topological polar surface area (TPSA) is 57.6 Å². The summed E-state index contributed by atoms with van der Waals surface area (Å²) < 4.78 is 38.3. The number of benzene rings is 1. The molecule has 4 nitrogen and oxygen atoms in total. The average molecular weight is 273 g/mol. The molecule has 1 aliphatic carbocycles. The Hall–Kier alpha value is -0.980. The number of halogens is 1. The molecule has 0 aromatic heterocycles. The van der Waals surface area contributed by atoms with E-state index in [2.05, 4.69) is 0 Å². The minimum Gasteiger partial charge on any atom is -0.393 e. The molecule has 0 unspecified atom stereocenters. The number of nitrogens with zero attached hydrogens (tertiary/aromatic N) is 1. The van der Waals surface area contributed by atoms with Gasteiger partial charge in [0.1, 0.15) is 5.82 Å². The lowest BCUT2D eigenvalue weighted by Crippen LogP contribution is -2.39. The number of hydrogen-bond acceptors (Lipinski definition) is 3. The van der Waals surface area contributed by atoms with E-state index in [1.54, 1.807) is 0 Å². The van der Waals surface area contributed by atoms with Gasteiger partial charge in [-0.3, -0.25) is 0 Å². The van der Waals surface area contributed by atoms with Crippen LogP contribution in [0.5, 0.6) is 0 Å². The molecule has 100 valence electrons. The van der Waals surface area contributed by atoms with Crippen LogP contribution in [0.4, 0.5) is 4.39 Å². The van der Waals surface area contributed by atoms with Crippen LogP contribution in [0.1, 0.15) is 12.8 Å². The molecule has 1 fully saturated rings. The molecule has 0 spiro atoms. The average Bonchev–Trinajstić information content (AvgIpc) is 2.27. The minimum atomic E-state index is -3.56. The van der Waals surface area contributed by atoms with Crippen molar-refractivity contribution >= 4 is 10.0 Å². The summed E-state index contributed by atoms with van der Waals surface area (Å²) in [5.74, 6) is -0.251. The molecular formula is C12H16FNO3S. The molecule has 18 heavy (non-hydrogen) atoms. The molecule has 1 saturated carbocycles. The van der Waals surface area contributed by atoms with Crippen molar-refractivity contribution in [2.24, 2.45) is 5.92 Å². The monoisotopic (exact) mass is 273 g/mol. The maximum atomic E-state index is 12.8. The first-order chi connectivity index (χ1) is 8.39. The molecule has 6 heteroatoms. The van der Waals surface area contributed by atoms with Gasteiger partial charge in [-0.1, -0.05) is 0 Å². The third-order valence-corrected chi connectivity index (χ3v) is 5.09. The zero-order valence-corrected chi connectivity index (χ0v) is 10.9. The summed E-state index contributed by atoms with van der Waals surface area (Å²) in [7, 11) is -2.06. The van der Waals surface area contributed by atoms with E-state index < -0.39 is 15.8 Å². The van der Waals surface area contributed by atoms with Crippen LogP contribution in [0, 0.1) is 11.7 Å². The Morgan fingerprint density at radius 2 is 1.89 bits per heavy atom. The second-order valence-electron chi connectivity index (χ2n) is 4.73. The molecule has 1 aromatic rings. The lowest BCUT2D eigenvalue weighted by atomic mass is 9.82. The first kappa shape index (κ1) is 13.5. The highest BCUT2D eigenvalue weighted by Crippen LogP contribution is 2.29. The fraction of sp³-hybridized carbons (Fsp3) is 0.500. The van der Waals surface area contributed by atoms with E-state index in [4.69, 9.17) is 0 Å². The lowest BCUT2D eigenvalue weighted by molar-refractivity contribution is 0.0367. The predicted molar refractivity (Wildman–Crippen MR) is 64.9 cm³/mol. The van der Waals surface area contributed by atoms with Gasteiger partial charge in [0.05, 0.1) is 11.0 Å². The Labute approximate surface area is 106 Å². The molecule has 1 aliphatic rings. The number of hydrogen-bond donors (Lipinski definition) is 1. The zero-order chi connectivity index (χ0) is 13.3. The van der Waals surface area contributed by atoms with Gasteiger partial charge >= 0.3 is 0 Å². The molecule has 0 heterocycles. The van der Waals surface area contributed by atoms with Crippen LogP contribution in [-0.4, -0.2) is 37.5 Å². The highest BCUT2D eigenvalue weighted by Gasteiger charge is 2.31. The molecule has 0 amide bonds. The van der Waals surface area contributed by atoms with Crippen molar-refractivity contribution in [3.8, 4) is 0 Å². The van der Waals surface area contributed by atoms with Crippen LogP contribution in [0.3, 0.4) is 0 Å². The van der Waals surface area contributed by atoms with Gasteiger partial charge in [0.15, 0.2) is 0 Å². The maximum Gasteiger partial charge on any atom is 0.242 e. The van der Waals surface area contributed by atoms with Crippen molar-refractivity contribution in [3.63, 3.8) is 0 Å². The molecule has 0 atom stereocenters. The lowest BCUT2D eigenvalue weighted by Gasteiger charge is -2.34. The first-order valence-electron chi connectivity index (χ1n) is 5.79.